The molecule has 1 fully saturated rings. The van der Waals surface area contributed by atoms with Crippen LogP contribution in [0.1, 0.15) is 5.56 Å². The Morgan fingerprint density at radius 2 is 1.94 bits per heavy atom. The lowest BCUT2D eigenvalue weighted by Gasteiger charge is -2.12. The number of carbonyl (C=O) groups is 3. The molecule has 7 nitrogen and oxygen atoms in total. The zero-order valence-corrected chi connectivity index (χ0v) is 18.7. The summed E-state index contributed by atoms with van der Waals surface area (Å²) in [4.78, 5) is 42.6. The van der Waals surface area contributed by atoms with Crippen LogP contribution in [0.4, 0.5) is 9.18 Å². The molecule has 0 saturated carbocycles. The van der Waals surface area contributed by atoms with Crippen molar-refractivity contribution in [2.75, 3.05) is 18.8 Å². The minimum absolute atomic E-state index is 0.0436. The first-order valence-corrected chi connectivity index (χ1v) is 11.5. The number of aryl methyl sites for hydroxylation is 1. The molecule has 1 aliphatic heterocycles. The second-order valence-electron chi connectivity index (χ2n) is 6.94. The summed E-state index contributed by atoms with van der Waals surface area (Å²) in [5.74, 6) is -1.03. The van der Waals surface area contributed by atoms with Gasteiger partial charge in [0.1, 0.15) is 5.82 Å². The quantitative estimate of drug-likeness (QED) is 0.419. The Balaban J connectivity index is 1.28. The van der Waals surface area contributed by atoms with Gasteiger partial charge in [0.05, 0.1) is 21.7 Å². The number of amides is 3. The molecule has 32 heavy (non-hydrogen) atoms. The average Bonchev–Trinajstić information content (AvgIpc) is 3.24. The zero-order chi connectivity index (χ0) is 22.7. The van der Waals surface area contributed by atoms with Crippen LogP contribution >= 0.6 is 23.5 Å². The molecule has 0 unspecified atom stereocenters. The van der Waals surface area contributed by atoms with Crippen molar-refractivity contribution in [3.63, 3.8) is 0 Å². The molecule has 0 radical (unpaired) electrons. The highest BCUT2D eigenvalue weighted by Crippen LogP contribution is 2.32. The number of imidazole rings is 1. The molecule has 1 N–H and O–H groups in total. The van der Waals surface area contributed by atoms with Crippen LogP contribution in [0, 0.1) is 5.82 Å². The number of nitrogens with one attached hydrogen (secondary N) is 1. The molecule has 0 atom stereocenters. The van der Waals surface area contributed by atoms with Gasteiger partial charge in [0, 0.05) is 25.7 Å². The third-order valence-corrected chi connectivity index (χ3v) is 6.74. The summed E-state index contributed by atoms with van der Waals surface area (Å²) in [6.07, 6.45) is 1.37. The fraction of sp³-hybridized carbons (Fsp3) is 0.182. The summed E-state index contributed by atoms with van der Waals surface area (Å²) in [7, 11) is 1.89. The van der Waals surface area contributed by atoms with Gasteiger partial charge < -0.3 is 9.88 Å². The Bertz CT molecular complexity index is 1240. The number of para-hydroxylation sites is 2. The number of halogens is 1. The lowest BCUT2D eigenvalue weighted by Crippen LogP contribution is -2.37. The number of hydrogen-bond donors (Lipinski definition) is 1. The van der Waals surface area contributed by atoms with Gasteiger partial charge in [-0.3, -0.25) is 19.3 Å². The molecule has 10 heteroatoms. The monoisotopic (exact) mass is 470 g/mol. The largest absolute Gasteiger partial charge is 0.354 e. The van der Waals surface area contributed by atoms with E-state index in [9.17, 15) is 18.8 Å². The number of imide groups is 1. The molecule has 2 heterocycles. The Morgan fingerprint density at radius 3 is 2.72 bits per heavy atom. The number of fused-ring (bicyclic) bond motifs is 1. The van der Waals surface area contributed by atoms with Gasteiger partial charge in [-0.15, -0.1) is 0 Å². The molecule has 1 saturated heterocycles. The Hall–Kier alpha value is -3.11. The predicted molar refractivity (Wildman–Crippen MR) is 124 cm³/mol. The lowest BCUT2D eigenvalue weighted by molar-refractivity contribution is -0.123. The van der Waals surface area contributed by atoms with Crippen LogP contribution in [0.15, 0.2) is 58.6 Å². The van der Waals surface area contributed by atoms with E-state index in [0.717, 1.165) is 32.9 Å². The molecular weight excluding hydrogens is 451 g/mol. The van der Waals surface area contributed by atoms with Crippen LogP contribution in [0.25, 0.3) is 17.1 Å². The standard InChI is InChI=1S/C22H19FN4O3S2/c1-26-17-9-5-4-8-16(17)25-21(26)31-13-19(28)24-10-11-27-20(29)18(32-22(27)30)12-14-6-2-3-7-15(14)23/h2-9,12H,10-11,13H2,1H3,(H,24,28)/b18-12-. The van der Waals surface area contributed by atoms with E-state index in [0.29, 0.717) is 0 Å². The predicted octanol–water partition coefficient (Wildman–Crippen LogP) is 3.66. The summed E-state index contributed by atoms with van der Waals surface area (Å²) < 4.78 is 15.7. The van der Waals surface area contributed by atoms with Crippen molar-refractivity contribution >= 4 is 57.7 Å². The van der Waals surface area contributed by atoms with Crippen molar-refractivity contribution in [3.05, 3.63) is 64.8 Å². The summed E-state index contributed by atoms with van der Waals surface area (Å²) in [6.45, 7) is 0.176. The minimum atomic E-state index is -0.494. The van der Waals surface area contributed by atoms with Crippen molar-refractivity contribution < 1.29 is 18.8 Å². The lowest BCUT2D eigenvalue weighted by atomic mass is 10.2. The zero-order valence-electron chi connectivity index (χ0n) is 17.1. The van der Waals surface area contributed by atoms with Gasteiger partial charge >= 0.3 is 0 Å². The van der Waals surface area contributed by atoms with E-state index in [2.05, 4.69) is 10.3 Å². The van der Waals surface area contributed by atoms with Gasteiger partial charge in [-0.2, -0.15) is 0 Å². The maximum atomic E-state index is 13.8. The summed E-state index contributed by atoms with van der Waals surface area (Å²) >= 11 is 2.07. The Labute approximate surface area is 192 Å². The molecule has 164 valence electrons. The first kappa shape index (κ1) is 22.1. The molecule has 0 bridgehead atoms. The van der Waals surface area contributed by atoms with E-state index in [4.69, 9.17) is 0 Å². The molecular formula is C22H19FN4O3S2. The van der Waals surface area contributed by atoms with E-state index >= 15 is 0 Å². The Morgan fingerprint density at radius 1 is 1.19 bits per heavy atom. The third kappa shape index (κ3) is 4.71. The van der Waals surface area contributed by atoms with Gasteiger partial charge in [0.25, 0.3) is 11.1 Å². The van der Waals surface area contributed by atoms with Gasteiger partial charge in [-0.25, -0.2) is 9.37 Å². The highest BCUT2D eigenvalue weighted by molar-refractivity contribution is 8.18. The van der Waals surface area contributed by atoms with Crippen molar-refractivity contribution in [2.45, 2.75) is 5.16 Å². The van der Waals surface area contributed by atoms with E-state index in [1.165, 1.54) is 30.0 Å². The van der Waals surface area contributed by atoms with Crippen LogP contribution in [-0.2, 0) is 16.6 Å². The maximum absolute atomic E-state index is 13.8. The summed E-state index contributed by atoms with van der Waals surface area (Å²) in [5.41, 5.74) is 2.09. The number of thioether (sulfide) groups is 2. The van der Waals surface area contributed by atoms with Crippen LogP contribution in [-0.4, -0.2) is 50.3 Å². The number of aromatic nitrogens is 2. The van der Waals surface area contributed by atoms with Crippen LogP contribution < -0.4 is 5.32 Å². The van der Waals surface area contributed by atoms with Crippen LogP contribution in [0.3, 0.4) is 0 Å². The maximum Gasteiger partial charge on any atom is 0.293 e. The third-order valence-electron chi connectivity index (χ3n) is 4.80. The van der Waals surface area contributed by atoms with Crippen LogP contribution in [0.2, 0.25) is 0 Å². The van der Waals surface area contributed by atoms with E-state index in [1.807, 2.05) is 35.9 Å². The number of benzene rings is 2. The molecule has 3 aromatic rings. The smallest absolute Gasteiger partial charge is 0.293 e. The van der Waals surface area contributed by atoms with Crippen molar-refractivity contribution in [1.29, 1.82) is 0 Å². The van der Waals surface area contributed by atoms with Gasteiger partial charge in [0.15, 0.2) is 5.16 Å². The fourth-order valence-electron chi connectivity index (χ4n) is 3.17. The topological polar surface area (TPSA) is 84.3 Å². The second-order valence-corrected chi connectivity index (χ2v) is 8.87. The number of carbonyl (C=O) groups excluding carboxylic acids is 3. The summed E-state index contributed by atoms with van der Waals surface area (Å²) in [6, 6.07) is 13.7. The first-order chi connectivity index (χ1) is 15.4. The van der Waals surface area contributed by atoms with E-state index in [1.54, 1.807) is 12.1 Å². The first-order valence-electron chi connectivity index (χ1n) is 9.75. The van der Waals surface area contributed by atoms with Crippen LogP contribution in [0.5, 0.6) is 0 Å². The molecule has 4 rings (SSSR count). The van der Waals surface area contributed by atoms with Gasteiger partial charge in [0.2, 0.25) is 5.91 Å². The fourth-order valence-corrected chi connectivity index (χ4v) is 4.84. The Kier molecular flexibility index (Phi) is 6.61. The molecule has 2 aromatic carbocycles. The normalized spacial score (nSPS) is 15.2. The second kappa shape index (κ2) is 9.58. The minimum Gasteiger partial charge on any atom is -0.354 e. The van der Waals surface area contributed by atoms with Gasteiger partial charge in [-0.1, -0.05) is 42.1 Å². The summed E-state index contributed by atoms with van der Waals surface area (Å²) in [5, 5.41) is 3.00. The number of nitrogens with zero attached hydrogens (tertiary/aromatic N) is 3. The van der Waals surface area contributed by atoms with Crippen molar-refractivity contribution in [2.24, 2.45) is 7.05 Å². The average molecular weight is 471 g/mol. The van der Waals surface area contributed by atoms with E-state index < -0.39 is 17.0 Å². The number of hydrogen-bond acceptors (Lipinski definition) is 6. The molecule has 0 aliphatic carbocycles. The molecule has 0 spiro atoms. The van der Waals surface area contributed by atoms with Gasteiger partial charge in [-0.05, 0) is 36.0 Å². The van der Waals surface area contributed by atoms with Crippen molar-refractivity contribution in [3.8, 4) is 0 Å². The number of rotatable bonds is 7. The SMILES string of the molecule is Cn1c(SCC(=O)NCCN2C(=O)S/C(=C\c3ccccc3F)C2=O)nc2ccccc21. The molecule has 1 aliphatic rings. The molecule has 1 aromatic heterocycles. The van der Waals surface area contributed by atoms with Crippen molar-refractivity contribution in [1.82, 2.24) is 19.8 Å². The van der Waals surface area contributed by atoms with E-state index in [-0.39, 0.29) is 35.2 Å². The highest BCUT2D eigenvalue weighted by Gasteiger charge is 2.34. The molecule has 3 amide bonds. The highest BCUT2D eigenvalue weighted by atomic mass is 32.2.